The van der Waals surface area contributed by atoms with Gasteiger partial charge in [0.05, 0.1) is 18.1 Å². The van der Waals surface area contributed by atoms with E-state index in [1.54, 1.807) is 12.1 Å². The van der Waals surface area contributed by atoms with Gasteiger partial charge in [-0.2, -0.15) is 0 Å². The average Bonchev–Trinajstić information content (AvgIpc) is 2.59. The van der Waals surface area contributed by atoms with Crippen LogP contribution < -0.4 is 5.32 Å². The molecular formula is C22H26FNO2. The Kier molecular flexibility index (Phi) is 5.72. The molecule has 0 atom stereocenters. The Balaban J connectivity index is 1.64. The van der Waals surface area contributed by atoms with Gasteiger partial charge in [0, 0.05) is 6.54 Å². The lowest BCUT2D eigenvalue weighted by atomic mass is 9.64. The molecule has 138 valence electrons. The van der Waals surface area contributed by atoms with Crippen LogP contribution in [0.1, 0.15) is 49.8 Å². The highest BCUT2D eigenvalue weighted by atomic mass is 19.1. The summed E-state index contributed by atoms with van der Waals surface area (Å²) in [4.78, 5) is 12.9. The second-order valence-corrected chi connectivity index (χ2v) is 7.30. The Hall–Kier alpha value is -2.20. The molecule has 3 nitrogen and oxygen atoms in total. The molecular weight excluding hydrogens is 329 g/mol. The third kappa shape index (κ3) is 4.13. The summed E-state index contributed by atoms with van der Waals surface area (Å²) in [5.74, 6) is -0.247. The molecule has 3 rings (SSSR count). The molecule has 0 aromatic heterocycles. The zero-order valence-electron chi connectivity index (χ0n) is 15.4. The second-order valence-electron chi connectivity index (χ2n) is 7.30. The van der Waals surface area contributed by atoms with Crippen molar-refractivity contribution in [3.63, 3.8) is 0 Å². The summed E-state index contributed by atoms with van der Waals surface area (Å²) in [6.45, 7) is 5.07. The first-order valence-electron chi connectivity index (χ1n) is 9.23. The van der Waals surface area contributed by atoms with Gasteiger partial charge in [-0.25, -0.2) is 4.39 Å². The molecule has 1 aliphatic rings. The Morgan fingerprint density at radius 3 is 2.46 bits per heavy atom. The van der Waals surface area contributed by atoms with Crippen molar-refractivity contribution in [3.05, 3.63) is 71.0 Å². The van der Waals surface area contributed by atoms with Crippen molar-refractivity contribution < 1.29 is 13.9 Å². The number of benzene rings is 2. The largest absolute Gasteiger partial charge is 0.374 e. The van der Waals surface area contributed by atoms with E-state index in [4.69, 9.17) is 4.74 Å². The monoisotopic (exact) mass is 355 g/mol. The van der Waals surface area contributed by atoms with Crippen LogP contribution in [0, 0.1) is 5.82 Å². The van der Waals surface area contributed by atoms with Crippen molar-refractivity contribution in [1.29, 1.82) is 0 Å². The van der Waals surface area contributed by atoms with Crippen LogP contribution in [0.5, 0.6) is 0 Å². The fourth-order valence-electron chi connectivity index (χ4n) is 3.39. The molecule has 0 heterocycles. The average molecular weight is 355 g/mol. The maximum atomic E-state index is 13.2. The van der Waals surface area contributed by atoms with Gasteiger partial charge in [-0.15, -0.1) is 0 Å². The van der Waals surface area contributed by atoms with Gasteiger partial charge in [0.25, 0.3) is 0 Å². The fourth-order valence-corrected chi connectivity index (χ4v) is 3.39. The van der Waals surface area contributed by atoms with E-state index in [0.29, 0.717) is 13.2 Å². The topological polar surface area (TPSA) is 38.3 Å². The highest BCUT2D eigenvalue weighted by Gasteiger charge is 2.45. The maximum Gasteiger partial charge on any atom is 0.230 e. The van der Waals surface area contributed by atoms with E-state index < -0.39 is 5.41 Å². The lowest BCUT2D eigenvalue weighted by Gasteiger charge is -2.40. The zero-order valence-corrected chi connectivity index (χ0v) is 15.4. The molecule has 1 amide bonds. The summed E-state index contributed by atoms with van der Waals surface area (Å²) in [6, 6.07) is 14.4. The number of nitrogens with one attached hydrogen (secondary N) is 1. The number of amides is 1. The van der Waals surface area contributed by atoms with Crippen LogP contribution in [0.25, 0.3) is 0 Å². The maximum absolute atomic E-state index is 13.2. The summed E-state index contributed by atoms with van der Waals surface area (Å²) in [5.41, 5.74) is 2.55. The van der Waals surface area contributed by atoms with E-state index in [2.05, 4.69) is 11.4 Å². The number of hydrogen-bond acceptors (Lipinski definition) is 2. The predicted molar refractivity (Wildman–Crippen MR) is 100 cm³/mol. The lowest BCUT2D eigenvalue weighted by Crippen LogP contribution is -2.49. The highest BCUT2D eigenvalue weighted by Crippen LogP contribution is 2.44. The normalized spacial score (nSPS) is 15.5. The van der Waals surface area contributed by atoms with Crippen molar-refractivity contribution in [2.75, 3.05) is 0 Å². The third-order valence-electron chi connectivity index (χ3n) is 5.07. The van der Waals surface area contributed by atoms with Gasteiger partial charge in [-0.1, -0.05) is 42.8 Å². The lowest BCUT2D eigenvalue weighted by molar-refractivity contribution is -0.130. The summed E-state index contributed by atoms with van der Waals surface area (Å²) in [5, 5.41) is 3.07. The van der Waals surface area contributed by atoms with Crippen molar-refractivity contribution in [2.45, 2.75) is 57.8 Å². The summed E-state index contributed by atoms with van der Waals surface area (Å²) < 4.78 is 18.8. The number of carbonyl (C=O) groups excluding carboxylic acids is 1. The quantitative estimate of drug-likeness (QED) is 0.795. The fraction of sp³-hybridized carbons (Fsp3) is 0.409. The smallest absolute Gasteiger partial charge is 0.230 e. The highest BCUT2D eigenvalue weighted by molar-refractivity contribution is 5.89. The van der Waals surface area contributed by atoms with E-state index in [-0.39, 0.29) is 17.8 Å². The molecule has 0 saturated heterocycles. The Morgan fingerprint density at radius 2 is 1.85 bits per heavy atom. The van der Waals surface area contributed by atoms with E-state index in [0.717, 1.165) is 36.0 Å². The minimum Gasteiger partial charge on any atom is -0.374 e. The van der Waals surface area contributed by atoms with Gasteiger partial charge in [-0.3, -0.25) is 4.79 Å². The molecule has 0 aliphatic heterocycles. The Bertz CT molecular complexity index is 751. The first-order chi connectivity index (χ1) is 12.5. The molecule has 26 heavy (non-hydrogen) atoms. The van der Waals surface area contributed by atoms with Crippen molar-refractivity contribution in [2.24, 2.45) is 0 Å². The molecule has 0 unspecified atom stereocenters. The van der Waals surface area contributed by atoms with E-state index in [1.807, 2.05) is 32.0 Å². The molecule has 1 aliphatic carbocycles. The number of halogens is 1. The first kappa shape index (κ1) is 18.6. The van der Waals surface area contributed by atoms with Crippen LogP contribution in [0.3, 0.4) is 0 Å². The van der Waals surface area contributed by atoms with Crippen LogP contribution in [-0.2, 0) is 28.1 Å². The van der Waals surface area contributed by atoms with Gasteiger partial charge in [0.1, 0.15) is 5.82 Å². The van der Waals surface area contributed by atoms with Crippen molar-refractivity contribution in [3.8, 4) is 0 Å². The van der Waals surface area contributed by atoms with Crippen LogP contribution in [0.4, 0.5) is 4.39 Å². The van der Waals surface area contributed by atoms with E-state index in [9.17, 15) is 9.18 Å². The van der Waals surface area contributed by atoms with Crippen LogP contribution in [0.15, 0.2) is 48.5 Å². The van der Waals surface area contributed by atoms with E-state index in [1.165, 1.54) is 12.1 Å². The molecule has 0 spiro atoms. The first-order valence-corrected chi connectivity index (χ1v) is 9.23. The van der Waals surface area contributed by atoms with Gasteiger partial charge >= 0.3 is 0 Å². The number of carbonyl (C=O) groups is 1. The number of hydrogen-bond donors (Lipinski definition) is 1. The van der Waals surface area contributed by atoms with Gasteiger partial charge < -0.3 is 10.1 Å². The minimum atomic E-state index is -0.508. The van der Waals surface area contributed by atoms with Crippen LogP contribution in [0.2, 0.25) is 0 Å². The van der Waals surface area contributed by atoms with Gasteiger partial charge in [0.2, 0.25) is 5.91 Å². The Morgan fingerprint density at radius 1 is 1.15 bits per heavy atom. The molecule has 0 bridgehead atoms. The summed E-state index contributed by atoms with van der Waals surface area (Å²) in [6.07, 6.45) is 2.83. The van der Waals surface area contributed by atoms with Crippen molar-refractivity contribution in [1.82, 2.24) is 5.32 Å². The molecule has 4 heteroatoms. The summed E-state index contributed by atoms with van der Waals surface area (Å²) in [7, 11) is 0. The predicted octanol–water partition coefficient (Wildman–Crippen LogP) is 4.49. The zero-order chi connectivity index (χ0) is 18.6. The minimum absolute atomic E-state index is 0.0270. The number of rotatable bonds is 7. The molecule has 1 fully saturated rings. The molecule has 0 radical (unpaired) electrons. The molecule has 2 aromatic carbocycles. The standard InChI is InChI=1S/C22H26FNO2/c1-16(2)26-15-18-6-3-5-17(13-18)14-24-21(25)22(11-4-12-22)19-7-9-20(23)10-8-19/h3,5-10,13,16H,4,11-12,14-15H2,1-2H3,(H,24,25). The summed E-state index contributed by atoms with van der Waals surface area (Å²) >= 11 is 0. The number of ether oxygens (including phenoxy) is 1. The second kappa shape index (κ2) is 8.00. The van der Waals surface area contributed by atoms with Gasteiger partial charge in [0.15, 0.2) is 0 Å². The van der Waals surface area contributed by atoms with Crippen molar-refractivity contribution >= 4 is 5.91 Å². The van der Waals surface area contributed by atoms with E-state index >= 15 is 0 Å². The molecule has 2 aromatic rings. The Labute approximate surface area is 154 Å². The van der Waals surface area contributed by atoms with Gasteiger partial charge in [-0.05, 0) is 55.5 Å². The van der Waals surface area contributed by atoms with Crippen LogP contribution in [-0.4, -0.2) is 12.0 Å². The SMILES string of the molecule is CC(C)OCc1cccc(CNC(=O)C2(c3ccc(F)cc3)CCC2)c1. The molecule has 1 saturated carbocycles. The molecule has 1 N–H and O–H groups in total. The third-order valence-corrected chi connectivity index (χ3v) is 5.07. The van der Waals surface area contributed by atoms with Crippen LogP contribution >= 0.6 is 0 Å².